The number of aromatic nitrogens is 1. The summed E-state index contributed by atoms with van der Waals surface area (Å²) < 4.78 is 20.3. The van der Waals surface area contributed by atoms with Gasteiger partial charge in [0.1, 0.15) is 23.7 Å². The summed E-state index contributed by atoms with van der Waals surface area (Å²) in [4.78, 5) is 35.3. The predicted octanol–water partition coefficient (Wildman–Crippen LogP) is 8.84. The van der Waals surface area contributed by atoms with Crippen molar-refractivity contribution in [1.29, 1.82) is 0 Å². The SMILES string of the molecule is O=C(NC1=NC(c2cccc(F)c2)(c2cccc(CC(=O)c3ncc(Cl)cc3Cl)c2)CS1)OCC1c2ccccc2-c2ccccc21. The molecule has 0 bridgehead atoms. The Kier molecular flexibility index (Phi) is 8.57. The highest BCUT2D eigenvalue weighted by Gasteiger charge is 2.40. The number of amides is 1. The molecular formula is C37H26Cl2FN3O3S. The van der Waals surface area contributed by atoms with E-state index in [2.05, 4.69) is 34.6 Å². The first-order valence-electron chi connectivity index (χ1n) is 14.8. The minimum absolute atomic E-state index is 0.0309. The monoisotopic (exact) mass is 681 g/mol. The highest BCUT2D eigenvalue weighted by Crippen LogP contribution is 2.45. The molecule has 2 heterocycles. The van der Waals surface area contributed by atoms with Crippen LogP contribution in [0, 0.1) is 5.82 Å². The second kappa shape index (κ2) is 13.0. The van der Waals surface area contributed by atoms with Gasteiger partial charge in [-0.15, -0.1) is 0 Å². The van der Waals surface area contributed by atoms with Gasteiger partial charge in [-0.1, -0.05) is 120 Å². The molecule has 1 N–H and O–H groups in total. The number of carbonyl (C=O) groups is 2. The number of fused-ring (bicyclic) bond motifs is 3. The second-order valence-corrected chi connectivity index (χ2v) is 13.1. The van der Waals surface area contributed by atoms with Gasteiger partial charge in [0.15, 0.2) is 11.0 Å². The largest absolute Gasteiger partial charge is 0.448 e. The maximum Gasteiger partial charge on any atom is 0.413 e. The van der Waals surface area contributed by atoms with E-state index in [0.717, 1.165) is 27.8 Å². The first kappa shape index (κ1) is 31.1. The van der Waals surface area contributed by atoms with Gasteiger partial charge in [-0.05, 0) is 57.1 Å². The van der Waals surface area contributed by atoms with E-state index in [0.29, 0.717) is 27.1 Å². The zero-order valence-corrected chi connectivity index (χ0v) is 27.1. The molecule has 234 valence electrons. The van der Waals surface area contributed by atoms with E-state index < -0.39 is 17.4 Å². The fraction of sp³-hybridized carbons (Fsp3) is 0.135. The van der Waals surface area contributed by atoms with Crippen molar-refractivity contribution in [2.75, 3.05) is 12.4 Å². The minimum Gasteiger partial charge on any atom is -0.448 e. The summed E-state index contributed by atoms with van der Waals surface area (Å²) in [6.07, 6.45) is 0.786. The third kappa shape index (κ3) is 6.16. The van der Waals surface area contributed by atoms with Crippen LogP contribution in [0.25, 0.3) is 11.1 Å². The van der Waals surface area contributed by atoms with Crippen molar-refractivity contribution in [3.05, 3.63) is 159 Å². The Morgan fingerprint density at radius 3 is 2.28 bits per heavy atom. The standard InChI is InChI=1S/C37H26Cl2FN3O3S/c38-25-18-32(39)34(41-19-25)33(44)16-22-7-5-8-23(15-22)37(24-9-6-10-26(40)17-24)21-47-35(43-37)42-36(45)46-20-31-29-13-3-1-11-27(29)28-12-2-4-14-30(28)31/h1-15,17-19,31H,16,20-21H2,(H,42,43,45). The van der Waals surface area contributed by atoms with Crippen LogP contribution in [0.4, 0.5) is 9.18 Å². The number of nitrogens with one attached hydrogen (secondary N) is 1. The summed E-state index contributed by atoms with van der Waals surface area (Å²) in [5.74, 6) is -0.376. The van der Waals surface area contributed by atoms with Crippen molar-refractivity contribution in [2.45, 2.75) is 17.9 Å². The molecule has 1 aromatic heterocycles. The Labute approximate surface area is 285 Å². The van der Waals surface area contributed by atoms with Crippen molar-refractivity contribution < 1.29 is 18.7 Å². The summed E-state index contributed by atoms with van der Waals surface area (Å²) in [7, 11) is 0. The summed E-state index contributed by atoms with van der Waals surface area (Å²) in [6.45, 7) is 0.162. The van der Waals surface area contributed by atoms with Gasteiger partial charge >= 0.3 is 6.09 Å². The average molecular weight is 683 g/mol. The minimum atomic E-state index is -1.03. The first-order chi connectivity index (χ1) is 22.8. The van der Waals surface area contributed by atoms with E-state index in [1.54, 1.807) is 12.1 Å². The summed E-state index contributed by atoms with van der Waals surface area (Å²) >= 11 is 13.5. The number of pyridine rings is 1. The molecule has 1 amide bonds. The van der Waals surface area contributed by atoms with Gasteiger partial charge in [0.05, 0.1) is 10.0 Å². The normalized spacial score (nSPS) is 16.7. The molecule has 0 spiro atoms. The highest BCUT2D eigenvalue weighted by molar-refractivity contribution is 8.14. The Hall–Kier alpha value is -4.50. The van der Waals surface area contributed by atoms with Crippen LogP contribution in [0.3, 0.4) is 0 Å². The maximum absolute atomic E-state index is 14.6. The Morgan fingerprint density at radius 2 is 1.57 bits per heavy atom. The number of hydrogen-bond acceptors (Lipinski definition) is 6. The lowest BCUT2D eigenvalue weighted by atomic mass is 9.84. The highest BCUT2D eigenvalue weighted by atomic mass is 35.5. The molecule has 0 radical (unpaired) electrons. The molecule has 1 aliphatic heterocycles. The molecule has 5 aromatic rings. The molecule has 0 saturated carbocycles. The van der Waals surface area contributed by atoms with E-state index in [4.69, 9.17) is 32.9 Å². The number of benzene rings is 4. The molecule has 0 saturated heterocycles. The third-order valence-electron chi connectivity index (χ3n) is 8.41. The van der Waals surface area contributed by atoms with Crippen molar-refractivity contribution >= 4 is 52.0 Å². The van der Waals surface area contributed by atoms with Crippen molar-refractivity contribution in [1.82, 2.24) is 10.3 Å². The lowest BCUT2D eigenvalue weighted by molar-refractivity contribution is 0.0988. The van der Waals surface area contributed by atoms with E-state index in [1.807, 2.05) is 48.5 Å². The topological polar surface area (TPSA) is 80.7 Å². The number of hydrogen-bond donors (Lipinski definition) is 1. The fourth-order valence-corrected chi connectivity index (χ4v) is 7.84. The number of rotatable bonds is 7. The number of thioether (sulfide) groups is 1. The smallest absolute Gasteiger partial charge is 0.413 e. The van der Waals surface area contributed by atoms with Crippen LogP contribution in [0.1, 0.15) is 44.2 Å². The van der Waals surface area contributed by atoms with Crippen LogP contribution in [0.15, 0.2) is 114 Å². The summed E-state index contributed by atoms with van der Waals surface area (Å²) in [5, 5.41) is 3.68. The van der Waals surface area contributed by atoms with Gasteiger partial charge in [0.2, 0.25) is 0 Å². The van der Waals surface area contributed by atoms with Crippen LogP contribution in [0.2, 0.25) is 10.0 Å². The number of alkyl carbamates (subject to hydrolysis) is 1. The Bertz CT molecular complexity index is 2030. The number of aliphatic imine (C=N–C) groups is 1. The fourth-order valence-electron chi connectivity index (χ4n) is 6.23. The van der Waals surface area contributed by atoms with Gasteiger partial charge in [-0.2, -0.15) is 0 Å². The van der Waals surface area contributed by atoms with E-state index in [9.17, 15) is 14.0 Å². The first-order valence-corrected chi connectivity index (χ1v) is 16.6. The van der Waals surface area contributed by atoms with Gasteiger partial charge in [-0.25, -0.2) is 19.2 Å². The maximum atomic E-state index is 14.6. The second-order valence-electron chi connectivity index (χ2n) is 11.3. The molecule has 0 fully saturated rings. The lowest BCUT2D eigenvalue weighted by Crippen LogP contribution is -2.30. The van der Waals surface area contributed by atoms with Gasteiger partial charge in [0.25, 0.3) is 0 Å². The zero-order chi connectivity index (χ0) is 32.5. The molecule has 1 unspecified atom stereocenters. The summed E-state index contributed by atoms with van der Waals surface area (Å²) in [6, 6.07) is 31.4. The van der Waals surface area contributed by atoms with Crippen molar-refractivity contribution in [3.8, 4) is 11.1 Å². The Balaban J connectivity index is 1.13. The predicted molar refractivity (Wildman–Crippen MR) is 184 cm³/mol. The van der Waals surface area contributed by atoms with Crippen LogP contribution in [0.5, 0.6) is 0 Å². The molecule has 10 heteroatoms. The molecule has 6 nitrogen and oxygen atoms in total. The molecule has 4 aromatic carbocycles. The average Bonchev–Trinajstić information content (AvgIpc) is 3.64. The number of ketones is 1. The number of halogens is 3. The van der Waals surface area contributed by atoms with Gasteiger partial charge < -0.3 is 4.74 Å². The number of carbonyl (C=O) groups excluding carboxylic acids is 2. The van der Waals surface area contributed by atoms with Crippen molar-refractivity contribution in [2.24, 2.45) is 4.99 Å². The quantitative estimate of drug-likeness (QED) is 0.174. The zero-order valence-electron chi connectivity index (χ0n) is 24.8. The van der Waals surface area contributed by atoms with Crippen LogP contribution >= 0.6 is 35.0 Å². The molecule has 1 aliphatic carbocycles. The van der Waals surface area contributed by atoms with Crippen LogP contribution in [-0.2, 0) is 16.7 Å². The van der Waals surface area contributed by atoms with E-state index in [-0.39, 0.29) is 35.4 Å². The van der Waals surface area contributed by atoms with Gasteiger partial charge in [-0.3, -0.25) is 10.1 Å². The number of Topliss-reactive ketones (excluding diaryl/α,β-unsaturated/α-hetero) is 1. The summed E-state index contributed by atoms with van der Waals surface area (Å²) in [5.41, 5.74) is 5.67. The third-order valence-corrected chi connectivity index (χ3v) is 9.93. The molecular weight excluding hydrogens is 656 g/mol. The molecule has 7 rings (SSSR count). The van der Waals surface area contributed by atoms with Gasteiger partial charge in [0, 0.05) is 24.3 Å². The van der Waals surface area contributed by atoms with Crippen LogP contribution in [-0.4, -0.2) is 34.4 Å². The number of amidine groups is 1. The number of nitrogens with zero attached hydrogens (tertiary/aromatic N) is 2. The molecule has 1 atom stereocenters. The number of ether oxygens (including phenoxy) is 1. The van der Waals surface area contributed by atoms with E-state index >= 15 is 0 Å². The van der Waals surface area contributed by atoms with Crippen molar-refractivity contribution in [3.63, 3.8) is 0 Å². The van der Waals surface area contributed by atoms with E-state index in [1.165, 1.54) is 36.2 Å². The molecule has 47 heavy (non-hydrogen) atoms. The molecule has 2 aliphatic rings. The lowest BCUT2D eigenvalue weighted by Gasteiger charge is -2.27. The van der Waals surface area contributed by atoms with Crippen LogP contribution < -0.4 is 5.32 Å². The Morgan fingerprint density at radius 1 is 0.894 bits per heavy atom.